The third-order valence-corrected chi connectivity index (χ3v) is 6.66. The lowest BCUT2D eigenvalue weighted by atomic mass is 9.79. The van der Waals surface area contributed by atoms with Crippen LogP contribution in [0.1, 0.15) is 39.5 Å². The predicted octanol–water partition coefficient (Wildman–Crippen LogP) is 2.33. The van der Waals surface area contributed by atoms with Gasteiger partial charge in [0.25, 0.3) is 0 Å². The minimum atomic E-state index is -3.01. The van der Waals surface area contributed by atoms with Crippen molar-refractivity contribution in [3.63, 3.8) is 0 Å². The van der Waals surface area contributed by atoms with E-state index in [1.54, 1.807) is 4.31 Å². The van der Waals surface area contributed by atoms with E-state index in [2.05, 4.69) is 31.9 Å². The molecule has 1 heterocycles. The van der Waals surface area contributed by atoms with Gasteiger partial charge in [-0.1, -0.05) is 18.6 Å². The van der Waals surface area contributed by atoms with Crippen LogP contribution < -0.4 is 0 Å². The minimum absolute atomic E-state index is 0.518. The summed E-state index contributed by atoms with van der Waals surface area (Å²) >= 11 is 0. The van der Waals surface area contributed by atoms with Crippen LogP contribution in [0.3, 0.4) is 0 Å². The van der Waals surface area contributed by atoms with Gasteiger partial charge in [0.15, 0.2) is 0 Å². The summed E-state index contributed by atoms with van der Waals surface area (Å²) in [5.41, 5.74) is 1.54. The van der Waals surface area contributed by atoms with Crippen LogP contribution in [0.5, 0.6) is 0 Å². The van der Waals surface area contributed by atoms with Gasteiger partial charge in [-0.15, -0.1) is 0 Å². The maximum Gasteiger partial charge on any atom is 0.211 e. The molecule has 2 aliphatic rings. The van der Waals surface area contributed by atoms with Gasteiger partial charge in [-0.05, 0) is 51.5 Å². The van der Waals surface area contributed by atoms with Gasteiger partial charge in [-0.2, -0.15) is 0 Å². The Morgan fingerprint density at radius 3 is 2.43 bits per heavy atom. The molecular weight excluding hydrogens is 284 g/mol. The quantitative estimate of drug-likeness (QED) is 0.748. The van der Waals surface area contributed by atoms with E-state index in [1.165, 1.54) is 24.7 Å². The summed E-state index contributed by atoms with van der Waals surface area (Å²) in [6.07, 6.45) is 8.13. The van der Waals surface area contributed by atoms with E-state index in [4.69, 9.17) is 0 Å². The number of allylic oxidation sites excluding steroid dienone is 1. The lowest BCUT2D eigenvalue weighted by Gasteiger charge is -2.39. The third kappa shape index (κ3) is 4.30. The third-order valence-electron chi connectivity index (χ3n) is 5.36. The van der Waals surface area contributed by atoms with E-state index in [-0.39, 0.29) is 0 Å². The molecule has 2 atom stereocenters. The van der Waals surface area contributed by atoms with Crippen LogP contribution in [0, 0.1) is 11.8 Å². The lowest BCUT2D eigenvalue weighted by molar-refractivity contribution is 0.139. The molecule has 0 radical (unpaired) electrons. The highest BCUT2D eigenvalue weighted by Gasteiger charge is 2.30. The molecule has 0 bridgehead atoms. The first-order valence-electron chi connectivity index (χ1n) is 8.11. The van der Waals surface area contributed by atoms with Crippen molar-refractivity contribution in [2.24, 2.45) is 11.8 Å². The number of hydrogen-bond donors (Lipinski definition) is 0. The highest BCUT2D eigenvalue weighted by molar-refractivity contribution is 7.88. The van der Waals surface area contributed by atoms with Gasteiger partial charge in [0.05, 0.1) is 6.26 Å². The molecule has 5 heteroatoms. The zero-order valence-electron chi connectivity index (χ0n) is 13.9. The monoisotopic (exact) mass is 314 g/mol. The van der Waals surface area contributed by atoms with Gasteiger partial charge in [0.1, 0.15) is 0 Å². The molecule has 1 fully saturated rings. The van der Waals surface area contributed by atoms with Crippen LogP contribution in [0.4, 0.5) is 0 Å². The number of sulfonamides is 1. The van der Waals surface area contributed by atoms with Crippen molar-refractivity contribution < 1.29 is 8.42 Å². The Bertz CT molecular complexity index is 479. The highest BCUT2D eigenvalue weighted by atomic mass is 32.2. The summed E-state index contributed by atoms with van der Waals surface area (Å²) in [7, 11) is -0.810. The second kappa shape index (κ2) is 6.80. The first kappa shape index (κ1) is 17.0. The van der Waals surface area contributed by atoms with Crippen LogP contribution in [0.25, 0.3) is 0 Å². The molecule has 0 aromatic carbocycles. The average molecular weight is 314 g/mol. The molecule has 0 aromatic rings. The maximum absolute atomic E-state index is 11.6. The van der Waals surface area contributed by atoms with Crippen molar-refractivity contribution in [3.05, 3.63) is 11.6 Å². The summed E-state index contributed by atoms with van der Waals surface area (Å²) in [5.74, 6) is 1.42. The van der Waals surface area contributed by atoms with Crippen molar-refractivity contribution >= 4 is 10.0 Å². The molecule has 1 saturated heterocycles. The Kier molecular flexibility index (Phi) is 5.49. The topological polar surface area (TPSA) is 40.6 Å². The normalized spacial score (nSPS) is 29.7. The summed E-state index contributed by atoms with van der Waals surface area (Å²) in [6, 6.07) is 0.518. The van der Waals surface area contributed by atoms with Crippen LogP contribution in [0.15, 0.2) is 11.6 Å². The molecule has 4 nitrogen and oxygen atoms in total. The van der Waals surface area contributed by atoms with E-state index < -0.39 is 10.0 Å². The Labute approximate surface area is 130 Å². The fourth-order valence-corrected chi connectivity index (χ4v) is 4.65. The molecule has 1 aliphatic heterocycles. The molecular formula is C16H30N2O2S. The fourth-order valence-electron chi connectivity index (χ4n) is 3.77. The molecule has 0 saturated carbocycles. The van der Waals surface area contributed by atoms with Crippen LogP contribution in [-0.2, 0) is 10.0 Å². The second-order valence-electron chi connectivity index (χ2n) is 6.94. The molecule has 1 aliphatic carbocycles. The van der Waals surface area contributed by atoms with Gasteiger partial charge in [0.2, 0.25) is 10.0 Å². The summed E-state index contributed by atoms with van der Waals surface area (Å²) in [5, 5.41) is 0. The molecule has 0 spiro atoms. The van der Waals surface area contributed by atoms with Crippen molar-refractivity contribution in [3.8, 4) is 0 Å². The number of rotatable bonds is 4. The van der Waals surface area contributed by atoms with Gasteiger partial charge < -0.3 is 4.90 Å². The predicted molar refractivity (Wildman–Crippen MR) is 87.7 cm³/mol. The van der Waals surface area contributed by atoms with Crippen LogP contribution in [0.2, 0.25) is 0 Å². The van der Waals surface area contributed by atoms with E-state index in [1.807, 2.05) is 0 Å². The SMILES string of the molecule is CC1=CCCC(C)C1CN(C)C1CCN(S(C)(=O)=O)CC1. The lowest BCUT2D eigenvalue weighted by Crippen LogP contribution is -2.47. The average Bonchev–Trinajstić information content (AvgIpc) is 2.42. The Morgan fingerprint density at radius 2 is 1.90 bits per heavy atom. The van der Waals surface area contributed by atoms with E-state index in [0.717, 1.165) is 25.3 Å². The van der Waals surface area contributed by atoms with Crippen LogP contribution in [-0.4, -0.2) is 56.6 Å². The van der Waals surface area contributed by atoms with Gasteiger partial charge in [0, 0.05) is 25.7 Å². The minimum Gasteiger partial charge on any atom is -0.303 e. The summed E-state index contributed by atoms with van der Waals surface area (Å²) in [6.45, 7) is 7.07. The van der Waals surface area contributed by atoms with Crippen molar-refractivity contribution in [1.82, 2.24) is 9.21 Å². The highest BCUT2D eigenvalue weighted by Crippen LogP contribution is 2.31. The van der Waals surface area contributed by atoms with Crippen LogP contribution >= 0.6 is 0 Å². The first-order valence-corrected chi connectivity index (χ1v) is 9.96. The fraction of sp³-hybridized carbons (Fsp3) is 0.875. The molecule has 0 amide bonds. The Hall–Kier alpha value is -0.390. The first-order chi connectivity index (χ1) is 9.79. The zero-order valence-corrected chi connectivity index (χ0v) is 14.7. The standard InChI is InChI=1S/C16H30N2O2S/c1-13-6-5-7-14(2)16(13)12-17(3)15-8-10-18(11-9-15)21(4,19)20/h6,14-16H,5,7-12H2,1-4H3. The smallest absolute Gasteiger partial charge is 0.211 e. The number of nitrogens with zero attached hydrogens (tertiary/aromatic N) is 2. The van der Waals surface area contributed by atoms with Gasteiger partial charge in [-0.25, -0.2) is 12.7 Å². The van der Waals surface area contributed by atoms with E-state index in [9.17, 15) is 8.42 Å². The van der Waals surface area contributed by atoms with Crippen molar-refractivity contribution in [1.29, 1.82) is 0 Å². The van der Waals surface area contributed by atoms with E-state index >= 15 is 0 Å². The largest absolute Gasteiger partial charge is 0.303 e. The summed E-state index contributed by atoms with van der Waals surface area (Å²) in [4.78, 5) is 2.46. The van der Waals surface area contributed by atoms with Crippen molar-refractivity contribution in [2.45, 2.75) is 45.6 Å². The zero-order chi connectivity index (χ0) is 15.6. The molecule has 21 heavy (non-hydrogen) atoms. The maximum atomic E-state index is 11.6. The summed E-state index contributed by atoms with van der Waals surface area (Å²) < 4.78 is 24.8. The molecule has 2 rings (SSSR count). The number of hydrogen-bond acceptors (Lipinski definition) is 3. The number of piperidine rings is 1. The molecule has 122 valence electrons. The molecule has 0 aromatic heterocycles. The van der Waals surface area contributed by atoms with Gasteiger partial charge in [-0.3, -0.25) is 0 Å². The molecule has 2 unspecified atom stereocenters. The van der Waals surface area contributed by atoms with Gasteiger partial charge >= 0.3 is 0 Å². The van der Waals surface area contributed by atoms with Crippen molar-refractivity contribution in [2.75, 3.05) is 32.9 Å². The Morgan fingerprint density at radius 1 is 1.29 bits per heavy atom. The van der Waals surface area contributed by atoms with E-state index in [0.29, 0.717) is 25.0 Å². The second-order valence-corrected chi connectivity index (χ2v) is 8.92. The molecule has 0 N–H and O–H groups in total. The Balaban J connectivity index is 1.89.